The molecule has 6 rings (SSSR count). The molecule has 0 aliphatic carbocycles. The molecule has 0 radical (unpaired) electrons. The monoisotopic (exact) mass is 1110 g/mol. The van der Waals surface area contributed by atoms with E-state index >= 15 is 0 Å². The second-order valence-corrected chi connectivity index (χ2v) is 19.7. The van der Waals surface area contributed by atoms with Crippen molar-refractivity contribution < 1.29 is 66.7 Å². The number of amides is 2. The van der Waals surface area contributed by atoms with E-state index in [9.17, 15) is 29.3 Å². The lowest BCUT2D eigenvalue weighted by molar-refractivity contribution is -0.386. The maximum Gasteiger partial charge on any atom is 0.329 e. The van der Waals surface area contributed by atoms with Crippen LogP contribution in [0.15, 0.2) is 72.9 Å². The van der Waals surface area contributed by atoms with E-state index < -0.39 is 46.2 Å². The summed E-state index contributed by atoms with van der Waals surface area (Å²) in [5, 5.41) is 15.3. The van der Waals surface area contributed by atoms with Crippen molar-refractivity contribution in [1.29, 1.82) is 0 Å². The molecule has 1 saturated heterocycles. The van der Waals surface area contributed by atoms with Gasteiger partial charge in [0.2, 0.25) is 23.4 Å². The van der Waals surface area contributed by atoms with E-state index in [4.69, 9.17) is 54.1 Å². The summed E-state index contributed by atoms with van der Waals surface area (Å²) in [4.78, 5) is 75.7. The Balaban J connectivity index is 1.07. The van der Waals surface area contributed by atoms with Gasteiger partial charge in [-0.1, -0.05) is 39.0 Å². The van der Waals surface area contributed by atoms with Crippen molar-refractivity contribution in [2.45, 2.75) is 104 Å². The number of anilines is 3. The van der Waals surface area contributed by atoms with Crippen LogP contribution in [0.25, 0.3) is 0 Å². The summed E-state index contributed by atoms with van der Waals surface area (Å²) in [5.74, 6) is 0.655. The average Bonchev–Trinajstić information content (AvgIpc) is 3.46. The fraction of sp³-hybridized carbons (Fsp3) is 0.448. The van der Waals surface area contributed by atoms with Gasteiger partial charge in [0.1, 0.15) is 24.6 Å². The minimum absolute atomic E-state index is 0.0118. The Kier molecular flexibility index (Phi) is 21.6. The zero-order chi connectivity index (χ0) is 58.1. The number of nitrogens with zero attached hydrogens (tertiary/aromatic N) is 4. The fourth-order valence-corrected chi connectivity index (χ4v) is 9.05. The lowest BCUT2D eigenvalue weighted by Gasteiger charge is -2.36. The molecule has 1 aliphatic rings. The number of rotatable bonds is 29. The second kappa shape index (κ2) is 28.5. The van der Waals surface area contributed by atoms with Crippen LogP contribution in [0.5, 0.6) is 40.2 Å². The highest BCUT2D eigenvalue weighted by molar-refractivity contribution is 6.38. The van der Waals surface area contributed by atoms with Gasteiger partial charge in [0.05, 0.1) is 71.4 Å². The molecule has 22 heteroatoms. The molecule has 0 spiro atoms. The summed E-state index contributed by atoms with van der Waals surface area (Å²) in [5.41, 5.74) is 14.2. The van der Waals surface area contributed by atoms with Crippen molar-refractivity contribution in [2.75, 3.05) is 78.7 Å². The van der Waals surface area contributed by atoms with Crippen molar-refractivity contribution in [1.82, 2.24) is 14.9 Å². The summed E-state index contributed by atoms with van der Waals surface area (Å²) in [6, 6.07) is 17.9. The highest BCUT2D eigenvalue weighted by Crippen LogP contribution is 2.41. The molecule has 22 nitrogen and oxygen atoms in total. The smallest absolute Gasteiger partial charge is 0.329 e. The number of nitrogens with two attached hydrogens (primary N) is 2. The van der Waals surface area contributed by atoms with Crippen LogP contribution in [-0.4, -0.2) is 111 Å². The quantitative estimate of drug-likeness (QED) is 0.0133. The Bertz CT molecular complexity index is 2960. The third kappa shape index (κ3) is 15.7. The van der Waals surface area contributed by atoms with E-state index in [1.54, 1.807) is 83.7 Å². The van der Waals surface area contributed by atoms with E-state index in [2.05, 4.69) is 15.3 Å². The number of nitro groups is 1. The number of aromatic nitrogens is 2. The van der Waals surface area contributed by atoms with Crippen molar-refractivity contribution in [2.24, 2.45) is 5.41 Å². The Morgan fingerprint density at radius 3 is 2.17 bits per heavy atom. The Morgan fingerprint density at radius 2 is 1.51 bits per heavy atom. The van der Waals surface area contributed by atoms with E-state index in [0.29, 0.717) is 90.5 Å². The van der Waals surface area contributed by atoms with Gasteiger partial charge in [-0.2, -0.15) is 4.98 Å². The number of methoxy groups -OCH3 is 5. The van der Waals surface area contributed by atoms with Gasteiger partial charge in [0.15, 0.2) is 34.5 Å². The zero-order valence-electron chi connectivity index (χ0n) is 46.9. The number of ether oxygens (including phenoxy) is 9. The van der Waals surface area contributed by atoms with Crippen molar-refractivity contribution in [3.05, 3.63) is 111 Å². The van der Waals surface area contributed by atoms with Crippen molar-refractivity contribution in [3.63, 3.8) is 0 Å². The Hall–Kier alpha value is -8.40. The van der Waals surface area contributed by atoms with Crippen LogP contribution in [-0.2, 0) is 41.5 Å². The number of nitro benzene ring substituents is 1. The van der Waals surface area contributed by atoms with Gasteiger partial charge in [-0.25, -0.2) is 9.78 Å². The Labute approximate surface area is 465 Å². The summed E-state index contributed by atoms with van der Waals surface area (Å²) < 4.78 is 52.1. The first-order valence-electron chi connectivity index (χ1n) is 26.4. The number of hydrogen-bond acceptors (Lipinski definition) is 19. The van der Waals surface area contributed by atoms with E-state index in [1.807, 2.05) is 19.1 Å². The van der Waals surface area contributed by atoms with Gasteiger partial charge in [0, 0.05) is 42.2 Å². The third-order valence-corrected chi connectivity index (χ3v) is 14.0. The van der Waals surface area contributed by atoms with Crippen molar-refractivity contribution >= 4 is 46.7 Å². The predicted molar refractivity (Wildman–Crippen MR) is 298 cm³/mol. The van der Waals surface area contributed by atoms with Crippen LogP contribution in [0.4, 0.5) is 23.1 Å². The van der Waals surface area contributed by atoms with Crippen LogP contribution >= 0.6 is 0 Å². The number of carbonyl (C=O) groups excluding carboxylic acids is 4. The lowest BCUT2D eigenvalue weighted by Crippen LogP contribution is -2.53. The first kappa shape index (κ1) is 60.8. The molecule has 0 bridgehead atoms. The molecule has 1 unspecified atom stereocenters. The number of carbonyl (C=O) groups is 4. The fourth-order valence-electron chi connectivity index (χ4n) is 9.05. The molecule has 0 saturated carbocycles. The molecule has 2 heterocycles. The molecular weight excluding hydrogens is 1030 g/mol. The molecular formula is C58H73N7O15. The number of nitrogen functional groups attached to an aromatic ring is 2. The summed E-state index contributed by atoms with van der Waals surface area (Å²) in [6.45, 7) is 7.28. The highest BCUT2D eigenvalue weighted by atomic mass is 16.6. The van der Waals surface area contributed by atoms with Crippen LogP contribution < -0.4 is 49.9 Å². The minimum atomic E-state index is -0.946. The molecule has 2 amide bonds. The number of esters is 1. The molecule has 1 aromatic heterocycles. The number of piperidine rings is 1. The molecule has 1 aliphatic heterocycles. The van der Waals surface area contributed by atoms with Crippen LogP contribution in [0, 0.1) is 15.5 Å². The largest absolute Gasteiger partial charge is 0.493 e. The molecule has 3 atom stereocenters. The van der Waals surface area contributed by atoms with Gasteiger partial charge >= 0.3 is 5.97 Å². The number of likely N-dealkylation sites (tertiary alicyclic amines) is 1. The molecule has 4 aromatic carbocycles. The summed E-state index contributed by atoms with van der Waals surface area (Å²) in [6.07, 6.45) is 3.50. The zero-order valence-corrected chi connectivity index (χ0v) is 46.9. The van der Waals surface area contributed by atoms with Gasteiger partial charge in [-0.3, -0.25) is 24.5 Å². The highest BCUT2D eigenvalue weighted by Gasteiger charge is 2.41. The second-order valence-electron chi connectivity index (χ2n) is 19.7. The minimum Gasteiger partial charge on any atom is -0.493 e. The average molecular weight is 1110 g/mol. The summed E-state index contributed by atoms with van der Waals surface area (Å²) in [7, 11) is 7.49. The third-order valence-electron chi connectivity index (χ3n) is 14.0. The lowest BCUT2D eigenvalue weighted by atomic mass is 9.84. The molecule has 430 valence electrons. The van der Waals surface area contributed by atoms with Crippen molar-refractivity contribution in [3.8, 4) is 40.2 Å². The predicted octanol–water partition coefficient (Wildman–Crippen LogP) is 8.74. The van der Waals surface area contributed by atoms with Gasteiger partial charge in [-0.15, -0.1) is 0 Å². The van der Waals surface area contributed by atoms with Crippen LogP contribution in [0.1, 0.15) is 113 Å². The van der Waals surface area contributed by atoms with Crippen LogP contribution in [0.3, 0.4) is 0 Å². The SMILES string of the molecule is CCC(C)(C)C(=O)C(=O)N1CCCC[C@H]1C(=O)O[C@H](CCc1ccc(OC)c(OC)c1)c1cccc(NC(=O)CCCOc2cc([N+](=O)[O-])c(C(C)OCCOc3c(OC)cc(Cc4cnc(N)nc4N)cc3OC)cc2OC)c1. The van der Waals surface area contributed by atoms with Gasteiger partial charge in [-0.05, 0) is 111 Å². The molecule has 1 fully saturated rings. The first-order valence-corrected chi connectivity index (χ1v) is 26.4. The number of benzene rings is 4. The normalized spacial score (nSPS) is 14.0. The number of hydrogen-bond donors (Lipinski definition) is 3. The number of aryl methyl sites for hydroxylation is 1. The van der Waals surface area contributed by atoms with Gasteiger partial charge < -0.3 is 64.3 Å². The van der Waals surface area contributed by atoms with Gasteiger partial charge in [0.25, 0.3) is 11.6 Å². The topological polar surface area (TPSA) is 288 Å². The Morgan fingerprint density at radius 1 is 0.825 bits per heavy atom. The maximum absolute atomic E-state index is 14.2. The molecule has 80 heavy (non-hydrogen) atoms. The van der Waals surface area contributed by atoms with E-state index in [-0.39, 0.29) is 79.6 Å². The standard InChI is InChI=1S/C58H73N7O15/c1-10-58(3,4)53(67)55(68)64-23-12-11-17-42(64)56(69)80-44(21-19-36-20-22-45(72-5)46(28-36)73-6)38-15-13-16-40(31-38)62-51(66)18-14-24-78-48-33-43(65(70)71)41(32-47(48)74-7)35(2)77-25-26-79-52-49(75-8)29-37(30-50(52)76-9)27-39-34-61-57(60)63-54(39)59/h13,15-16,20,22,28-35,42,44H,10-12,14,17-19,21,23-27H2,1-9H3,(H,62,66)(H4,59,60,61,63)/t35?,42-,44+/m0/s1. The molecule has 5 aromatic rings. The van der Waals surface area contributed by atoms with E-state index in [0.717, 1.165) is 11.1 Å². The first-order chi connectivity index (χ1) is 38.3. The van der Waals surface area contributed by atoms with Crippen LogP contribution in [0.2, 0.25) is 0 Å². The maximum atomic E-state index is 14.2. The number of ketones is 1. The molecule has 5 N–H and O–H groups in total. The summed E-state index contributed by atoms with van der Waals surface area (Å²) >= 11 is 0. The number of Topliss-reactive ketones (excluding diaryl/α,β-unsaturated/α-hetero) is 1. The number of nitrogens with one attached hydrogen (secondary N) is 1. The van der Waals surface area contributed by atoms with E-state index in [1.165, 1.54) is 38.4 Å².